The van der Waals surface area contributed by atoms with E-state index in [0.29, 0.717) is 43.3 Å². The van der Waals surface area contributed by atoms with E-state index >= 15 is 0 Å². The molecular weight excluding hydrogens is 580 g/mol. The molecule has 1 aliphatic heterocycles. The van der Waals surface area contributed by atoms with E-state index in [1.54, 1.807) is 23.6 Å². The summed E-state index contributed by atoms with van der Waals surface area (Å²) >= 11 is 0. The van der Waals surface area contributed by atoms with Crippen molar-refractivity contribution in [1.29, 1.82) is 0 Å². The van der Waals surface area contributed by atoms with Crippen LogP contribution >= 0.6 is 0 Å². The number of imidazole rings is 1. The van der Waals surface area contributed by atoms with Crippen LogP contribution in [0.3, 0.4) is 0 Å². The van der Waals surface area contributed by atoms with Gasteiger partial charge in [0, 0.05) is 38.8 Å². The van der Waals surface area contributed by atoms with Crippen molar-refractivity contribution in [2.45, 2.75) is 46.1 Å². The molecule has 0 saturated carbocycles. The van der Waals surface area contributed by atoms with Crippen molar-refractivity contribution in [1.82, 2.24) is 29.7 Å². The first-order chi connectivity index (χ1) is 21.8. The second-order valence-electron chi connectivity index (χ2n) is 10.9. The Balaban J connectivity index is 0.000000222. The first-order valence-corrected chi connectivity index (χ1v) is 15.2. The Morgan fingerprint density at radius 2 is 1.84 bits per heavy atom. The number of aryl methyl sites for hydroxylation is 2. The minimum absolute atomic E-state index is 0.0371. The number of H-pyrrole nitrogens is 1. The minimum Gasteiger partial charge on any atom is -0.494 e. The normalized spacial score (nSPS) is 13.5. The minimum atomic E-state index is -0.378. The first kappa shape index (κ1) is 33.3. The summed E-state index contributed by atoms with van der Waals surface area (Å²) in [7, 11) is 0. The summed E-state index contributed by atoms with van der Waals surface area (Å²) in [6.07, 6.45) is 5.37. The van der Waals surface area contributed by atoms with Gasteiger partial charge in [0.05, 0.1) is 30.8 Å². The van der Waals surface area contributed by atoms with Crippen molar-refractivity contribution in [3.05, 3.63) is 64.3 Å². The summed E-state index contributed by atoms with van der Waals surface area (Å²) in [5.41, 5.74) is 7.23. The highest BCUT2D eigenvalue weighted by atomic mass is 16.5. The second kappa shape index (κ2) is 16.5. The van der Waals surface area contributed by atoms with Crippen LogP contribution in [0, 0.1) is 18.8 Å². The molecule has 0 radical (unpaired) electrons. The third-order valence-corrected chi connectivity index (χ3v) is 7.67. The Morgan fingerprint density at radius 3 is 2.49 bits per heavy atom. The number of carbonyl (C=O) groups is 1. The van der Waals surface area contributed by atoms with Crippen molar-refractivity contribution >= 4 is 28.9 Å². The number of rotatable bonds is 12. The number of fused-ring (bicyclic) bond motifs is 1. The molecule has 242 valence electrons. The number of aromatic amines is 1. The monoisotopic (exact) mass is 622 g/mol. The number of esters is 1. The number of hydrogen-bond acceptors (Lipinski definition) is 12. The standard InChI is InChI=1S/C21H27N3O3.C10H15N5O3/c1-3-26-21(25)18-5-7-19(8-6-18)27-15-12-17-10-13-24(14-11-17)20-9-4-16(2)22-23-20;11-10-13-8-7(9(18)14-10)12-5-15(8)2-1-6(3-16)4-17/h4-9,17H,3,10-15H2,1-2H3;5-6,16-17H,1-4H2,(H3,11,13,14,18). The summed E-state index contributed by atoms with van der Waals surface area (Å²) in [5.74, 6) is 1.97. The van der Waals surface area contributed by atoms with E-state index < -0.39 is 0 Å². The van der Waals surface area contributed by atoms with Crippen LogP contribution in [0.25, 0.3) is 11.2 Å². The van der Waals surface area contributed by atoms with Gasteiger partial charge in [-0.05, 0) is 81.8 Å². The Bertz CT molecular complexity index is 1550. The van der Waals surface area contributed by atoms with E-state index in [1.807, 2.05) is 31.2 Å². The molecule has 1 fully saturated rings. The molecule has 0 atom stereocenters. The molecule has 1 aromatic carbocycles. The molecule has 3 aromatic heterocycles. The summed E-state index contributed by atoms with van der Waals surface area (Å²) in [5, 5.41) is 26.4. The number of ether oxygens (including phenoxy) is 2. The Labute approximate surface area is 261 Å². The van der Waals surface area contributed by atoms with Crippen molar-refractivity contribution in [3.63, 3.8) is 0 Å². The fraction of sp³-hybridized carbons (Fsp3) is 0.484. The number of aromatic nitrogens is 6. The fourth-order valence-corrected chi connectivity index (χ4v) is 4.95. The summed E-state index contributed by atoms with van der Waals surface area (Å²) in [6, 6.07) is 11.2. The molecule has 0 unspecified atom stereocenters. The van der Waals surface area contributed by atoms with Crippen molar-refractivity contribution in [2.24, 2.45) is 11.8 Å². The van der Waals surface area contributed by atoms with E-state index in [9.17, 15) is 9.59 Å². The third kappa shape index (κ3) is 9.46. The number of nitrogen functional groups attached to an aromatic ring is 1. The lowest BCUT2D eigenvalue weighted by atomic mass is 9.94. The largest absolute Gasteiger partial charge is 0.494 e. The number of carbonyl (C=O) groups excluding carboxylic acids is 1. The van der Waals surface area contributed by atoms with E-state index in [2.05, 4.69) is 30.0 Å². The number of nitrogens with one attached hydrogen (secondary N) is 1. The molecule has 4 heterocycles. The number of aliphatic hydroxyl groups is 2. The van der Waals surface area contributed by atoms with Crippen molar-refractivity contribution in [3.8, 4) is 5.75 Å². The zero-order valence-electron chi connectivity index (χ0n) is 25.8. The van der Waals surface area contributed by atoms with Gasteiger partial charge in [-0.3, -0.25) is 9.78 Å². The Kier molecular flexibility index (Phi) is 12.2. The molecule has 4 aromatic rings. The molecule has 14 nitrogen and oxygen atoms in total. The molecule has 45 heavy (non-hydrogen) atoms. The number of benzene rings is 1. The summed E-state index contributed by atoms with van der Waals surface area (Å²) < 4.78 is 12.5. The van der Waals surface area contributed by atoms with Crippen LogP contribution in [0.5, 0.6) is 5.75 Å². The van der Waals surface area contributed by atoms with Crippen LogP contribution in [0.1, 0.15) is 48.7 Å². The predicted molar refractivity (Wildman–Crippen MR) is 169 cm³/mol. The molecule has 0 spiro atoms. The highest BCUT2D eigenvalue weighted by molar-refractivity contribution is 5.89. The molecule has 5 rings (SSSR count). The lowest BCUT2D eigenvalue weighted by Crippen LogP contribution is -2.34. The van der Waals surface area contributed by atoms with Gasteiger partial charge in [-0.2, -0.15) is 10.1 Å². The highest BCUT2D eigenvalue weighted by Gasteiger charge is 2.20. The number of nitrogens with two attached hydrogens (primary N) is 1. The van der Waals surface area contributed by atoms with Crippen LogP contribution in [-0.4, -0.2) is 85.4 Å². The predicted octanol–water partition coefficient (Wildman–Crippen LogP) is 2.34. The van der Waals surface area contributed by atoms with Crippen LogP contribution in [-0.2, 0) is 11.3 Å². The average Bonchev–Trinajstić information content (AvgIpc) is 3.46. The third-order valence-electron chi connectivity index (χ3n) is 7.67. The Hall–Kier alpha value is -4.56. The van der Waals surface area contributed by atoms with Gasteiger partial charge >= 0.3 is 5.97 Å². The topological polar surface area (TPSA) is 195 Å². The highest BCUT2D eigenvalue weighted by Crippen LogP contribution is 2.24. The number of nitrogens with zero attached hydrogens (tertiary/aromatic N) is 6. The number of hydrogen-bond donors (Lipinski definition) is 4. The Morgan fingerprint density at radius 1 is 1.11 bits per heavy atom. The second-order valence-corrected chi connectivity index (χ2v) is 10.9. The molecular formula is C31H42N8O6. The van der Waals surface area contributed by atoms with Gasteiger partial charge in [0.2, 0.25) is 5.95 Å². The van der Waals surface area contributed by atoms with E-state index in [1.165, 1.54) is 6.33 Å². The molecule has 5 N–H and O–H groups in total. The van der Waals surface area contributed by atoms with E-state index in [4.69, 9.17) is 25.4 Å². The van der Waals surface area contributed by atoms with Crippen LogP contribution in [0.2, 0.25) is 0 Å². The smallest absolute Gasteiger partial charge is 0.338 e. The van der Waals surface area contributed by atoms with Gasteiger partial charge in [0.1, 0.15) is 5.75 Å². The maximum Gasteiger partial charge on any atom is 0.338 e. The van der Waals surface area contributed by atoms with Crippen LogP contribution in [0.15, 0.2) is 47.5 Å². The molecule has 1 saturated heterocycles. The maximum absolute atomic E-state index is 11.6. The van der Waals surface area contributed by atoms with Gasteiger partial charge in [-0.1, -0.05) is 0 Å². The number of anilines is 2. The lowest BCUT2D eigenvalue weighted by Gasteiger charge is -2.32. The van der Waals surface area contributed by atoms with Crippen molar-refractivity contribution in [2.75, 3.05) is 50.2 Å². The van der Waals surface area contributed by atoms with Crippen molar-refractivity contribution < 1.29 is 24.5 Å². The average molecular weight is 623 g/mol. The fourth-order valence-electron chi connectivity index (χ4n) is 4.95. The zero-order valence-corrected chi connectivity index (χ0v) is 25.8. The molecule has 1 aliphatic rings. The molecule has 0 aliphatic carbocycles. The maximum atomic E-state index is 11.6. The SMILES string of the molecule is CCOC(=O)c1ccc(OCCC2CCN(c3ccc(C)nn3)CC2)cc1.Nc1nc2c(ncn2CCC(CO)CO)c(=O)[nH]1. The molecule has 0 bridgehead atoms. The first-order valence-electron chi connectivity index (χ1n) is 15.2. The van der Waals surface area contributed by atoms with Crippen LogP contribution in [0.4, 0.5) is 11.8 Å². The summed E-state index contributed by atoms with van der Waals surface area (Å²) in [6.45, 7) is 7.17. The number of aliphatic hydroxyl groups excluding tert-OH is 2. The van der Waals surface area contributed by atoms with Gasteiger partial charge in [0.15, 0.2) is 17.0 Å². The quantitative estimate of drug-likeness (QED) is 0.169. The van der Waals surface area contributed by atoms with Crippen LogP contribution < -0.4 is 20.9 Å². The van der Waals surface area contributed by atoms with Gasteiger partial charge in [0.25, 0.3) is 5.56 Å². The zero-order chi connectivity index (χ0) is 32.2. The molecule has 14 heteroatoms. The van der Waals surface area contributed by atoms with E-state index in [-0.39, 0.29) is 42.1 Å². The lowest BCUT2D eigenvalue weighted by molar-refractivity contribution is 0.0526. The van der Waals surface area contributed by atoms with Gasteiger partial charge < -0.3 is 34.9 Å². The molecule has 0 amide bonds. The van der Waals surface area contributed by atoms with Gasteiger partial charge in [-0.25, -0.2) is 9.78 Å². The van der Waals surface area contributed by atoms with Gasteiger partial charge in [-0.15, -0.1) is 5.10 Å². The summed E-state index contributed by atoms with van der Waals surface area (Å²) in [4.78, 5) is 35.8. The van der Waals surface area contributed by atoms with E-state index in [0.717, 1.165) is 49.6 Å². The number of piperidine rings is 1.